The summed E-state index contributed by atoms with van der Waals surface area (Å²) in [6.45, 7) is 4.38. The highest BCUT2D eigenvalue weighted by molar-refractivity contribution is 7.89. The molecule has 4 nitrogen and oxygen atoms in total. The molecule has 0 aliphatic heterocycles. The Morgan fingerprint density at radius 3 is 2.67 bits per heavy atom. The van der Waals surface area contributed by atoms with Crippen molar-refractivity contribution < 1.29 is 8.42 Å². The van der Waals surface area contributed by atoms with E-state index in [-0.39, 0.29) is 16.1 Å². The maximum Gasteiger partial charge on any atom is 0.243 e. The molecule has 0 spiro atoms. The Bertz CT molecular complexity index is 527. The fraction of sp³-hybridized carbons (Fsp3) is 0.583. The lowest BCUT2D eigenvalue weighted by Crippen LogP contribution is -2.38. The zero-order chi connectivity index (χ0) is 13.3. The molecular formula is C12H17ClN2O2S. The van der Waals surface area contributed by atoms with Gasteiger partial charge in [0.1, 0.15) is 5.15 Å². The van der Waals surface area contributed by atoms with E-state index in [1.54, 1.807) is 4.31 Å². The van der Waals surface area contributed by atoms with Gasteiger partial charge in [0, 0.05) is 18.8 Å². The normalized spacial score (nSPS) is 16.5. The molecule has 1 aliphatic rings. The molecule has 0 unspecified atom stereocenters. The van der Waals surface area contributed by atoms with Gasteiger partial charge < -0.3 is 0 Å². The Balaban J connectivity index is 2.31. The average molecular weight is 289 g/mol. The van der Waals surface area contributed by atoms with Gasteiger partial charge in [-0.1, -0.05) is 11.6 Å². The van der Waals surface area contributed by atoms with Crippen LogP contribution in [0, 0.1) is 5.92 Å². The summed E-state index contributed by atoms with van der Waals surface area (Å²) in [6.07, 6.45) is 3.66. The SMILES string of the molecule is CC(C)N(CC1CC1)S(=O)(=O)c1ccnc(Cl)c1. The van der Waals surface area contributed by atoms with Gasteiger partial charge in [0.05, 0.1) is 4.90 Å². The molecule has 0 radical (unpaired) electrons. The molecule has 1 fully saturated rings. The molecule has 1 aliphatic carbocycles. The molecule has 2 rings (SSSR count). The molecule has 0 saturated heterocycles. The third kappa shape index (κ3) is 3.02. The molecule has 0 bridgehead atoms. The Morgan fingerprint density at radius 2 is 2.17 bits per heavy atom. The summed E-state index contributed by atoms with van der Waals surface area (Å²) in [5.74, 6) is 0.513. The third-order valence-electron chi connectivity index (χ3n) is 3.02. The summed E-state index contributed by atoms with van der Waals surface area (Å²) in [6, 6.07) is 2.84. The predicted molar refractivity (Wildman–Crippen MR) is 71.0 cm³/mol. The van der Waals surface area contributed by atoms with Gasteiger partial charge in [-0.05, 0) is 44.7 Å². The first-order chi connectivity index (χ1) is 8.41. The zero-order valence-electron chi connectivity index (χ0n) is 10.5. The number of halogens is 1. The number of aromatic nitrogens is 1. The van der Waals surface area contributed by atoms with Crippen LogP contribution in [0.1, 0.15) is 26.7 Å². The second-order valence-electron chi connectivity index (χ2n) is 4.93. The topological polar surface area (TPSA) is 50.3 Å². The molecule has 1 heterocycles. The zero-order valence-corrected chi connectivity index (χ0v) is 12.1. The van der Waals surface area contributed by atoms with Gasteiger partial charge in [0.2, 0.25) is 10.0 Å². The lowest BCUT2D eigenvalue weighted by atomic mass is 10.3. The fourth-order valence-electron chi connectivity index (χ4n) is 1.82. The van der Waals surface area contributed by atoms with Crippen molar-refractivity contribution in [3.05, 3.63) is 23.5 Å². The third-order valence-corrected chi connectivity index (χ3v) is 5.26. The number of pyridine rings is 1. The highest BCUT2D eigenvalue weighted by Crippen LogP contribution is 2.32. The van der Waals surface area contributed by atoms with E-state index in [2.05, 4.69) is 4.98 Å². The molecule has 1 aromatic rings. The van der Waals surface area contributed by atoms with E-state index in [4.69, 9.17) is 11.6 Å². The largest absolute Gasteiger partial charge is 0.244 e. The molecule has 0 atom stereocenters. The van der Waals surface area contributed by atoms with Gasteiger partial charge in [0.25, 0.3) is 0 Å². The molecule has 0 N–H and O–H groups in total. The Hall–Kier alpha value is -0.650. The molecule has 6 heteroatoms. The van der Waals surface area contributed by atoms with Crippen molar-refractivity contribution in [1.82, 2.24) is 9.29 Å². The van der Waals surface area contributed by atoms with E-state index in [9.17, 15) is 8.42 Å². The molecule has 18 heavy (non-hydrogen) atoms. The van der Waals surface area contributed by atoms with Crippen molar-refractivity contribution in [3.63, 3.8) is 0 Å². The molecule has 0 aromatic carbocycles. The van der Waals surface area contributed by atoms with Crippen LogP contribution in [0.3, 0.4) is 0 Å². The van der Waals surface area contributed by atoms with Gasteiger partial charge in [-0.2, -0.15) is 4.31 Å². The van der Waals surface area contributed by atoms with Crippen molar-refractivity contribution in [3.8, 4) is 0 Å². The van der Waals surface area contributed by atoms with Crippen LogP contribution in [0.4, 0.5) is 0 Å². The van der Waals surface area contributed by atoms with Crippen LogP contribution in [-0.4, -0.2) is 30.3 Å². The van der Waals surface area contributed by atoms with Gasteiger partial charge in [-0.15, -0.1) is 0 Å². The van der Waals surface area contributed by atoms with Crippen LogP contribution in [0.5, 0.6) is 0 Å². The lowest BCUT2D eigenvalue weighted by molar-refractivity contribution is 0.341. The van der Waals surface area contributed by atoms with Gasteiger partial charge in [0.15, 0.2) is 0 Å². The first kappa shape index (κ1) is 13.8. The van der Waals surface area contributed by atoms with E-state index in [1.807, 2.05) is 13.8 Å². The standard InChI is InChI=1S/C12H17ClN2O2S/c1-9(2)15(8-10-3-4-10)18(16,17)11-5-6-14-12(13)7-11/h5-7,9-10H,3-4,8H2,1-2H3. The summed E-state index contributed by atoms with van der Waals surface area (Å²) in [5.41, 5.74) is 0. The summed E-state index contributed by atoms with van der Waals surface area (Å²) in [4.78, 5) is 4.03. The predicted octanol–water partition coefficient (Wildman–Crippen LogP) is 2.54. The quantitative estimate of drug-likeness (QED) is 0.783. The van der Waals surface area contributed by atoms with Crippen LogP contribution in [0.2, 0.25) is 5.15 Å². The first-order valence-electron chi connectivity index (χ1n) is 6.04. The van der Waals surface area contributed by atoms with E-state index < -0.39 is 10.0 Å². The van der Waals surface area contributed by atoms with Gasteiger partial charge >= 0.3 is 0 Å². The molecular weight excluding hydrogens is 272 g/mol. The summed E-state index contributed by atoms with van der Waals surface area (Å²) >= 11 is 5.76. The second kappa shape index (κ2) is 5.15. The smallest absolute Gasteiger partial charge is 0.243 e. The fourth-order valence-corrected chi connectivity index (χ4v) is 3.79. The second-order valence-corrected chi connectivity index (χ2v) is 7.20. The van der Waals surface area contributed by atoms with Crippen molar-refractivity contribution in [2.45, 2.75) is 37.6 Å². The summed E-state index contributed by atoms with van der Waals surface area (Å²) < 4.78 is 26.6. The van der Waals surface area contributed by atoms with E-state index in [1.165, 1.54) is 18.3 Å². The monoisotopic (exact) mass is 288 g/mol. The number of nitrogens with zero attached hydrogens (tertiary/aromatic N) is 2. The average Bonchev–Trinajstić information content (AvgIpc) is 3.09. The lowest BCUT2D eigenvalue weighted by Gasteiger charge is -2.25. The van der Waals surface area contributed by atoms with Crippen LogP contribution in [-0.2, 0) is 10.0 Å². The van der Waals surface area contributed by atoms with Crippen molar-refractivity contribution in [2.24, 2.45) is 5.92 Å². The number of sulfonamides is 1. The molecule has 1 aromatic heterocycles. The van der Waals surface area contributed by atoms with Crippen LogP contribution < -0.4 is 0 Å². The highest BCUT2D eigenvalue weighted by atomic mass is 35.5. The maximum absolute atomic E-state index is 12.5. The summed E-state index contributed by atoms with van der Waals surface area (Å²) in [5, 5.41) is 0.200. The van der Waals surface area contributed by atoms with Crippen LogP contribution in [0.15, 0.2) is 23.2 Å². The minimum absolute atomic E-state index is 0.0532. The number of rotatable bonds is 5. The minimum Gasteiger partial charge on any atom is -0.244 e. The van der Waals surface area contributed by atoms with Crippen LogP contribution in [0.25, 0.3) is 0 Å². The Kier molecular flexibility index (Phi) is 3.94. The maximum atomic E-state index is 12.5. The molecule has 100 valence electrons. The number of hydrogen-bond donors (Lipinski definition) is 0. The van der Waals surface area contributed by atoms with E-state index >= 15 is 0 Å². The van der Waals surface area contributed by atoms with Crippen molar-refractivity contribution in [2.75, 3.05) is 6.54 Å². The minimum atomic E-state index is -3.47. The Morgan fingerprint density at radius 1 is 1.50 bits per heavy atom. The first-order valence-corrected chi connectivity index (χ1v) is 7.86. The van der Waals surface area contributed by atoms with E-state index in [0.717, 1.165) is 12.8 Å². The molecule has 1 saturated carbocycles. The molecule has 0 amide bonds. The van der Waals surface area contributed by atoms with Crippen molar-refractivity contribution >= 4 is 21.6 Å². The highest BCUT2D eigenvalue weighted by Gasteiger charge is 2.33. The van der Waals surface area contributed by atoms with Crippen molar-refractivity contribution in [1.29, 1.82) is 0 Å². The van der Waals surface area contributed by atoms with E-state index in [0.29, 0.717) is 12.5 Å². The van der Waals surface area contributed by atoms with Gasteiger partial charge in [-0.25, -0.2) is 13.4 Å². The van der Waals surface area contributed by atoms with Crippen LogP contribution >= 0.6 is 11.6 Å². The number of hydrogen-bond acceptors (Lipinski definition) is 3. The Labute approximate surface area is 113 Å². The summed E-state index contributed by atoms with van der Waals surface area (Å²) in [7, 11) is -3.47. The van der Waals surface area contributed by atoms with Gasteiger partial charge in [-0.3, -0.25) is 0 Å².